The molecule has 0 aromatic heterocycles. The van der Waals surface area contributed by atoms with Gasteiger partial charge < -0.3 is 33.8 Å². The van der Waals surface area contributed by atoms with Crippen LogP contribution in [0.2, 0.25) is 0 Å². The van der Waals surface area contributed by atoms with E-state index in [4.69, 9.17) is 37.0 Å². The first kappa shape index (κ1) is 98.1. The molecule has 17 nitrogen and oxygen atoms in total. The summed E-state index contributed by atoms with van der Waals surface area (Å²) in [5.74, 6) is -0.500. The number of hydrogen-bond acceptors (Lipinski definition) is 15. The average Bonchev–Trinajstić information content (AvgIpc) is 0.923. The van der Waals surface area contributed by atoms with Crippen LogP contribution >= 0.6 is 15.6 Å². The average molecular weight is 1470 g/mol. The summed E-state index contributed by atoms with van der Waals surface area (Å²) in [7, 11) is -9.92. The van der Waals surface area contributed by atoms with Gasteiger partial charge in [-0.25, -0.2) is 9.13 Å². The van der Waals surface area contributed by atoms with Crippen LogP contribution in [-0.4, -0.2) is 96.7 Å². The van der Waals surface area contributed by atoms with E-state index in [1.807, 2.05) is 0 Å². The lowest BCUT2D eigenvalue weighted by Crippen LogP contribution is -2.30. The standard InChI is InChI=1S/C81H158O17P2/c1-7-10-12-14-16-18-20-22-24-29-33-40-46-52-58-64-79(84)92-69-76(97-80(85)65-59-53-47-41-34-30-26-23-25-28-31-37-43-49-55-61-73(4)5)71-95-99(87,88)93-67-75(82)68-94-100(89,90)96-72-77(70-91-78(83)63-57-51-45-39-32-27-21-19-17-15-13-11-8-2)98-81(86)66-60-54-48-42-36-35-38-44-50-56-62-74(6)9-3/h73-77,82H,7-72H2,1-6H3,(H,87,88)(H,89,90)/t74?,75-,76-,77-/m1/s1. The Bertz CT molecular complexity index is 1930. The first-order valence-corrected chi connectivity index (χ1v) is 45.0. The molecule has 0 heterocycles. The predicted molar refractivity (Wildman–Crippen MR) is 409 cm³/mol. The maximum atomic E-state index is 13.1. The molecule has 0 aromatic carbocycles. The van der Waals surface area contributed by atoms with Gasteiger partial charge in [0.25, 0.3) is 0 Å². The Kier molecular flexibility index (Phi) is 71.2. The van der Waals surface area contributed by atoms with Crippen LogP contribution in [0.15, 0.2) is 0 Å². The SMILES string of the molecule is CCCCCCCCCCCCCCCCCC(=O)OC[C@H](COP(=O)(O)OC[C@@H](O)COP(=O)(O)OC[C@@H](COC(=O)CCCCCCCCCCCCCCC)OC(=O)CCCCCCCCCCCCC(C)CC)OC(=O)CCCCCCCCCCCCCCCCCC(C)C. The van der Waals surface area contributed by atoms with Crippen molar-refractivity contribution in [3.63, 3.8) is 0 Å². The second-order valence-electron chi connectivity index (χ2n) is 29.9. The lowest BCUT2D eigenvalue weighted by atomic mass is 9.99. The first-order chi connectivity index (χ1) is 48.4. The summed E-state index contributed by atoms with van der Waals surface area (Å²) in [6.45, 7) is 9.70. The maximum Gasteiger partial charge on any atom is 0.472 e. The molecule has 0 radical (unpaired) electrons. The number of carbonyl (C=O) groups is 4. The maximum absolute atomic E-state index is 13.1. The number of ether oxygens (including phenoxy) is 4. The molecule has 0 spiro atoms. The van der Waals surface area contributed by atoms with Gasteiger partial charge in [0, 0.05) is 25.7 Å². The zero-order valence-electron chi connectivity index (χ0n) is 65.5. The summed E-state index contributed by atoms with van der Waals surface area (Å²) in [5, 5.41) is 10.6. The van der Waals surface area contributed by atoms with Crippen molar-refractivity contribution in [2.45, 2.75) is 445 Å². The van der Waals surface area contributed by atoms with Crippen molar-refractivity contribution < 1.29 is 80.2 Å². The van der Waals surface area contributed by atoms with Gasteiger partial charge >= 0.3 is 39.5 Å². The number of rotatable bonds is 80. The fraction of sp³-hybridized carbons (Fsp3) is 0.951. The molecule has 0 aromatic rings. The van der Waals surface area contributed by atoms with Crippen LogP contribution in [0, 0.1) is 11.8 Å². The molecule has 0 saturated heterocycles. The Hall–Kier alpha value is -1.94. The van der Waals surface area contributed by atoms with E-state index in [-0.39, 0.29) is 25.7 Å². The normalized spacial score (nSPS) is 14.2. The summed E-state index contributed by atoms with van der Waals surface area (Å²) in [6.07, 6.45) is 62.2. The number of phosphoric ester groups is 2. The van der Waals surface area contributed by atoms with E-state index in [0.29, 0.717) is 25.7 Å². The largest absolute Gasteiger partial charge is 0.472 e. The predicted octanol–water partition coefficient (Wildman–Crippen LogP) is 24.3. The summed E-state index contributed by atoms with van der Waals surface area (Å²) in [4.78, 5) is 73.1. The zero-order valence-corrected chi connectivity index (χ0v) is 67.3. The van der Waals surface area contributed by atoms with Crippen molar-refractivity contribution in [1.82, 2.24) is 0 Å². The van der Waals surface area contributed by atoms with Gasteiger partial charge in [-0.05, 0) is 37.5 Å². The van der Waals surface area contributed by atoms with Crippen molar-refractivity contribution >= 4 is 39.5 Å². The van der Waals surface area contributed by atoms with E-state index in [1.54, 1.807) is 0 Å². The monoisotopic (exact) mass is 1470 g/mol. The summed E-state index contributed by atoms with van der Waals surface area (Å²) in [5.41, 5.74) is 0. The molecule has 6 atom stereocenters. The molecule has 0 aliphatic rings. The smallest absolute Gasteiger partial charge is 0.462 e. The molecule has 3 N–H and O–H groups in total. The van der Waals surface area contributed by atoms with Gasteiger partial charge in [0.2, 0.25) is 0 Å². The van der Waals surface area contributed by atoms with Gasteiger partial charge in [-0.1, -0.05) is 375 Å². The quantitative estimate of drug-likeness (QED) is 0.0222. The van der Waals surface area contributed by atoms with Crippen molar-refractivity contribution in [3.05, 3.63) is 0 Å². The molecule has 0 fully saturated rings. The Morgan fingerprint density at radius 2 is 0.510 bits per heavy atom. The van der Waals surface area contributed by atoms with Gasteiger partial charge in [0.1, 0.15) is 19.3 Å². The van der Waals surface area contributed by atoms with Crippen LogP contribution in [0.5, 0.6) is 0 Å². The topological polar surface area (TPSA) is 237 Å². The van der Waals surface area contributed by atoms with E-state index in [2.05, 4.69) is 41.5 Å². The summed E-state index contributed by atoms with van der Waals surface area (Å²) >= 11 is 0. The molecule has 0 amide bonds. The highest BCUT2D eigenvalue weighted by molar-refractivity contribution is 7.47. The molecule has 3 unspecified atom stereocenters. The Labute approximate surface area is 613 Å². The third kappa shape index (κ3) is 73.0. The van der Waals surface area contributed by atoms with Crippen LogP contribution in [0.4, 0.5) is 0 Å². The minimum absolute atomic E-state index is 0.107. The zero-order chi connectivity index (χ0) is 73.5. The number of unbranched alkanes of at least 4 members (excludes halogenated alkanes) is 49. The fourth-order valence-electron chi connectivity index (χ4n) is 12.5. The Morgan fingerprint density at radius 3 is 0.760 bits per heavy atom. The lowest BCUT2D eigenvalue weighted by molar-refractivity contribution is -0.161. The minimum Gasteiger partial charge on any atom is -0.462 e. The molecule has 0 aliphatic carbocycles. The number of phosphoric acid groups is 2. The lowest BCUT2D eigenvalue weighted by Gasteiger charge is -2.21. The van der Waals surface area contributed by atoms with E-state index in [9.17, 15) is 43.2 Å². The van der Waals surface area contributed by atoms with Gasteiger partial charge in [-0.2, -0.15) is 0 Å². The van der Waals surface area contributed by atoms with E-state index < -0.39 is 97.5 Å². The highest BCUT2D eigenvalue weighted by Gasteiger charge is 2.30. The van der Waals surface area contributed by atoms with E-state index in [1.165, 1.54) is 244 Å². The number of esters is 4. The van der Waals surface area contributed by atoms with E-state index >= 15 is 0 Å². The van der Waals surface area contributed by atoms with Crippen LogP contribution < -0.4 is 0 Å². The van der Waals surface area contributed by atoms with Crippen molar-refractivity contribution in [1.29, 1.82) is 0 Å². The highest BCUT2D eigenvalue weighted by Crippen LogP contribution is 2.45. The van der Waals surface area contributed by atoms with Crippen molar-refractivity contribution in [2.75, 3.05) is 39.6 Å². The van der Waals surface area contributed by atoms with Gasteiger partial charge in [0.15, 0.2) is 12.2 Å². The molecule has 0 aliphatic heterocycles. The Morgan fingerprint density at radius 1 is 0.290 bits per heavy atom. The van der Waals surface area contributed by atoms with Crippen LogP contribution in [0.1, 0.15) is 427 Å². The molecule has 0 saturated carbocycles. The fourth-order valence-corrected chi connectivity index (χ4v) is 14.1. The molecule has 0 rings (SSSR count). The van der Waals surface area contributed by atoms with Crippen LogP contribution in [0.3, 0.4) is 0 Å². The summed E-state index contributed by atoms with van der Waals surface area (Å²) < 4.78 is 68.8. The highest BCUT2D eigenvalue weighted by atomic mass is 31.2. The van der Waals surface area contributed by atoms with Crippen LogP contribution in [0.25, 0.3) is 0 Å². The number of carbonyl (C=O) groups excluding carboxylic acids is 4. The van der Waals surface area contributed by atoms with Crippen molar-refractivity contribution in [3.8, 4) is 0 Å². The third-order valence-corrected chi connectivity index (χ3v) is 21.2. The van der Waals surface area contributed by atoms with Crippen molar-refractivity contribution in [2.24, 2.45) is 11.8 Å². The molecule has 594 valence electrons. The molecule has 19 heteroatoms. The molecular formula is C81H158O17P2. The number of aliphatic hydroxyl groups excluding tert-OH is 1. The number of aliphatic hydroxyl groups is 1. The molecular weight excluding hydrogens is 1310 g/mol. The van der Waals surface area contributed by atoms with Crippen LogP contribution in [-0.2, 0) is 65.4 Å². The minimum atomic E-state index is -4.96. The van der Waals surface area contributed by atoms with Gasteiger partial charge in [-0.15, -0.1) is 0 Å². The van der Waals surface area contributed by atoms with Gasteiger partial charge in [0.05, 0.1) is 26.4 Å². The first-order valence-electron chi connectivity index (χ1n) is 42.0. The van der Waals surface area contributed by atoms with Gasteiger partial charge in [-0.3, -0.25) is 37.3 Å². The second kappa shape index (κ2) is 72.6. The Balaban J connectivity index is 5.27. The second-order valence-corrected chi connectivity index (χ2v) is 32.8. The third-order valence-electron chi connectivity index (χ3n) is 19.3. The molecule has 0 bridgehead atoms. The number of hydrogen-bond donors (Lipinski definition) is 3. The molecule has 100 heavy (non-hydrogen) atoms. The van der Waals surface area contributed by atoms with E-state index in [0.717, 1.165) is 102 Å². The summed E-state index contributed by atoms with van der Waals surface area (Å²) in [6, 6.07) is 0.